The molecule has 0 atom stereocenters. The number of anilines is 2. The second kappa shape index (κ2) is 5.41. The second-order valence-corrected chi connectivity index (χ2v) is 5.32. The van der Waals surface area contributed by atoms with Crippen molar-refractivity contribution < 1.29 is 9.53 Å². The number of nitrogens with zero attached hydrogens (tertiary/aromatic N) is 2. The summed E-state index contributed by atoms with van der Waals surface area (Å²) in [6, 6.07) is 0. The summed E-state index contributed by atoms with van der Waals surface area (Å²) in [6.07, 6.45) is 1.79. The van der Waals surface area contributed by atoms with Gasteiger partial charge >= 0.3 is 0 Å². The Hall–Kier alpha value is -2.22. The number of carbonyl (C=O) groups excluding carboxylic acids is 1. The van der Waals surface area contributed by atoms with Crippen LogP contribution in [0.3, 0.4) is 0 Å². The van der Waals surface area contributed by atoms with Crippen LogP contribution in [0.2, 0.25) is 0 Å². The number of primary amides is 1. The predicted molar refractivity (Wildman–Crippen MR) is 79.1 cm³/mol. The average Bonchev–Trinajstić information content (AvgIpc) is 2.89. The molecule has 0 aliphatic carbocycles. The molecule has 0 spiro atoms. The van der Waals surface area contributed by atoms with Gasteiger partial charge < -0.3 is 21.5 Å². The largest absolute Gasteiger partial charge is 0.492 e. The number of rotatable bonds is 5. The van der Waals surface area contributed by atoms with Crippen LogP contribution in [0.4, 0.5) is 10.7 Å². The topological polar surface area (TPSA) is 108 Å². The quantitative estimate of drug-likeness (QED) is 0.765. The third kappa shape index (κ3) is 2.42. The standard InChI is InChI=1S/C12H17N5O2S/c1-6-7(5-16-17(6)2)4-15-12-9(19-3)8(13)10(20-12)11(14)18/h5,15H,4,13H2,1-3H3,(H2,14,18). The molecule has 2 heterocycles. The second-order valence-electron chi connectivity index (χ2n) is 4.30. The summed E-state index contributed by atoms with van der Waals surface area (Å²) in [6.45, 7) is 2.55. The molecule has 2 aromatic rings. The number of hydrogen-bond acceptors (Lipinski definition) is 6. The fraction of sp³-hybridized carbons (Fsp3) is 0.333. The van der Waals surface area contributed by atoms with Crippen molar-refractivity contribution in [2.45, 2.75) is 13.5 Å². The van der Waals surface area contributed by atoms with Gasteiger partial charge in [-0.15, -0.1) is 11.3 Å². The number of thiophene rings is 1. The zero-order valence-electron chi connectivity index (χ0n) is 11.6. The summed E-state index contributed by atoms with van der Waals surface area (Å²) >= 11 is 1.19. The molecule has 0 aromatic carbocycles. The number of aryl methyl sites for hydroxylation is 1. The zero-order chi connectivity index (χ0) is 14.9. The van der Waals surface area contributed by atoms with Gasteiger partial charge in [0.05, 0.1) is 13.3 Å². The molecule has 0 saturated heterocycles. The summed E-state index contributed by atoms with van der Waals surface area (Å²) in [5.41, 5.74) is 13.5. The first-order chi connectivity index (χ1) is 9.45. The Bertz CT molecular complexity index is 647. The van der Waals surface area contributed by atoms with Crippen LogP contribution in [0.15, 0.2) is 6.20 Å². The van der Waals surface area contributed by atoms with E-state index in [1.807, 2.05) is 14.0 Å². The molecule has 2 rings (SSSR count). The molecule has 5 N–H and O–H groups in total. The van der Waals surface area contributed by atoms with Crippen molar-refractivity contribution in [1.29, 1.82) is 0 Å². The molecule has 8 heteroatoms. The lowest BCUT2D eigenvalue weighted by molar-refractivity contribution is 0.100. The minimum atomic E-state index is -0.559. The maximum Gasteiger partial charge on any atom is 0.261 e. The molecule has 1 amide bonds. The van der Waals surface area contributed by atoms with E-state index in [0.717, 1.165) is 11.3 Å². The molecule has 0 saturated carbocycles. The van der Waals surface area contributed by atoms with Gasteiger partial charge in [-0.25, -0.2) is 0 Å². The number of nitrogens with one attached hydrogen (secondary N) is 1. The Labute approximate surface area is 120 Å². The summed E-state index contributed by atoms with van der Waals surface area (Å²) in [5, 5.41) is 8.06. The van der Waals surface area contributed by atoms with E-state index in [-0.39, 0.29) is 5.69 Å². The first-order valence-electron chi connectivity index (χ1n) is 5.93. The molecular formula is C12H17N5O2S. The van der Waals surface area contributed by atoms with Crippen LogP contribution >= 0.6 is 11.3 Å². The minimum absolute atomic E-state index is 0.274. The summed E-state index contributed by atoms with van der Waals surface area (Å²) in [7, 11) is 3.39. The van der Waals surface area contributed by atoms with E-state index in [2.05, 4.69) is 10.4 Å². The molecule has 108 valence electrons. The fourth-order valence-corrected chi connectivity index (χ4v) is 2.76. The van der Waals surface area contributed by atoms with Crippen LogP contribution in [0.25, 0.3) is 0 Å². The van der Waals surface area contributed by atoms with Crippen LogP contribution in [0.1, 0.15) is 20.9 Å². The van der Waals surface area contributed by atoms with Crippen LogP contribution in [-0.4, -0.2) is 22.8 Å². The maximum atomic E-state index is 11.3. The van der Waals surface area contributed by atoms with Crippen molar-refractivity contribution in [3.63, 3.8) is 0 Å². The van der Waals surface area contributed by atoms with E-state index >= 15 is 0 Å². The molecule has 0 radical (unpaired) electrons. The molecule has 0 aliphatic heterocycles. The van der Waals surface area contributed by atoms with Crippen molar-refractivity contribution in [1.82, 2.24) is 9.78 Å². The van der Waals surface area contributed by atoms with Crippen LogP contribution in [0, 0.1) is 6.92 Å². The third-order valence-electron chi connectivity index (χ3n) is 3.10. The Morgan fingerprint density at radius 1 is 1.60 bits per heavy atom. The summed E-state index contributed by atoms with van der Waals surface area (Å²) in [4.78, 5) is 11.6. The highest BCUT2D eigenvalue weighted by atomic mass is 32.1. The zero-order valence-corrected chi connectivity index (χ0v) is 12.4. The normalized spacial score (nSPS) is 10.6. The van der Waals surface area contributed by atoms with Crippen molar-refractivity contribution in [3.8, 4) is 5.75 Å². The monoisotopic (exact) mass is 295 g/mol. The molecule has 20 heavy (non-hydrogen) atoms. The van der Waals surface area contributed by atoms with Crippen LogP contribution in [0.5, 0.6) is 5.75 Å². The number of carbonyl (C=O) groups is 1. The number of methoxy groups -OCH3 is 1. The van der Waals surface area contributed by atoms with E-state index in [0.29, 0.717) is 22.2 Å². The molecule has 7 nitrogen and oxygen atoms in total. The van der Waals surface area contributed by atoms with E-state index in [4.69, 9.17) is 16.2 Å². The molecule has 2 aromatic heterocycles. The number of ether oxygens (including phenoxy) is 1. The Kier molecular flexibility index (Phi) is 3.84. The lowest BCUT2D eigenvalue weighted by atomic mass is 10.2. The van der Waals surface area contributed by atoms with Gasteiger partial charge in [0.1, 0.15) is 15.6 Å². The van der Waals surface area contributed by atoms with Crippen LogP contribution in [-0.2, 0) is 13.6 Å². The Morgan fingerprint density at radius 2 is 2.30 bits per heavy atom. The first kappa shape index (κ1) is 14.2. The highest BCUT2D eigenvalue weighted by Gasteiger charge is 2.20. The number of nitrogens with two attached hydrogens (primary N) is 2. The molecule has 0 unspecified atom stereocenters. The molecule has 0 fully saturated rings. The smallest absolute Gasteiger partial charge is 0.261 e. The Morgan fingerprint density at radius 3 is 2.80 bits per heavy atom. The fourth-order valence-electron chi connectivity index (χ4n) is 1.82. The summed E-state index contributed by atoms with van der Waals surface area (Å²) < 4.78 is 7.02. The highest BCUT2D eigenvalue weighted by Crippen LogP contribution is 2.42. The number of nitrogen functional groups attached to an aromatic ring is 1. The average molecular weight is 295 g/mol. The molecule has 0 aliphatic rings. The third-order valence-corrected chi connectivity index (χ3v) is 4.26. The lowest BCUT2D eigenvalue weighted by Crippen LogP contribution is -2.10. The lowest BCUT2D eigenvalue weighted by Gasteiger charge is -2.06. The van der Waals surface area contributed by atoms with Gasteiger partial charge in [-0.2, -0.15) is 5.10 Å². The highest BCUT2D eigenvalue weighted by molar-refractivity contribution is 7.19. The number of aromatic nitrogens is 2. The van der Waals surface area contributed by atoms with Crippen molar-refractivity contribution in [2.24, 2.45) is 12.8 Å². The van der Waals surface area contributed by atoms with Gasteiger partial charge in [-0.1, -0.05) is 0 Å². The Balaban J connectivity index is 2.23. The van der Waals surface area contributed by atoms with E-state index in [1.165, 1.54) is 18.4 Å². The van der Waals surface area contributed by atoms with Gasteiger partial charge in [-0.3, -0.25) is 9.48 Å². The number of hydrogen-bond donors (Lipinski definition) is 3. The van der Waals surface area contributed by atoms with E-state index < -0.39 is 5.91 Å². The van der Waals surface area contributed by atoms with Gasteiger partial charge in [0.15, 0.2) is 5.75 Å². The van der Waals surface area contributed by atoms with E-state index in [1.54, 1.807) is 10.9 Å². The minimum Gasteiger partial charge on any atom is -0.492 e. The van der Waals surface area contributed by atoms with Crippen LogP contribution < -0.4 is 21.5 Å². The van der Waals surface area contributed by atoms with Gasteiger partial charge in [0, 0.05) is 24.8 Å². The van der Waals surface area contributed by atoms with Gasteiger partial charge in [0.25, 0.3) is 5.91 Å². The maximum absolute atomic E-state index is 11.3. The molecule has 0 bridgehead atoms. The van der Waals surface area contributed by atoms with Gasteiger partial charge in [-0.05, 0) is 6.92 Å². The SMILES string of the molecule is COc1c(NCc2cnn(C)c2C)sc(C(N)=O)c1N. The van der Waals surface area contributed by atoms with Gasteiger partial charge in [0.2, 0.25) is 0 Å². The van der Waals surface area contributed by atoms with E-state index in [9.17, 15) is 4.79 Å². The summed E-state index contributed by atoms with van der Waals surface area (Å²) in [5.74, 6) is -0.109. The van der Waals surface area contributed by atoms with Crippen molar-refractivity contribution in [3.05, 3.63) is 22.3 Å². The first-order valence-corrected chi connectivity index (χ1v) is 6.74. The number of amides is 1. The van der Waals surface area contributed by atoms with Crippen molar-refractivity contribution in [2.75, 3.05) is 18.2 Å². The predicted octanol–water partition coefficient (Wildman–Crippen LogP) is 1.09. The van der Waals surface area contributed by atoms with Crippen molar-refractivity contribution >= 4 is 27.9 Å². The molecular weight excluding hydrogens is 278 g/mol.